The fourth-order valence-corrected chi connectivity index (χ4v) is 2.66. The minimum Gasteiger partial charge on any atom is -0.497 e. The van der Waals surface area contributed by atoms with E-state index in [1.807, 2.05) is 23.1 Å². The number of fused-ring (bicyclic) bond motifs is 1. The van der Waals surface area contributed by atoms with Crippen LogP contribution >= 0.6 is 0 Å². The summed E-state index contributed by atoms with van der Waals surface area (Å²) >= 11 is 0. The smallest absolute Gasteiger partial charge is 0.326 e. The van der Waals surface area contributed by atoms with Gasteiger partial charge in [0.05, 0.1) is 12.6 Å². The molecule has 2 heterocycles. The van der Waals surface area contributed by atoms with Gasteiger partial charge < -0.3 is 14.7 Å². The normalized spacial score (nSPS) is 18.4. The molecule has 1 atom stereocenters. The van der Waals surface area contributed by atoms with Crippen molar-refractivity contribution in [3.63, 3.8) is 0 Å². The molecule has 1 N–H and O–H groups in total. The molecule has 1 fully saturated rings. The van der Waals surface area contributed by atoms with E-state index in [1.54, 1.807) is 7.11 Å². The van der Waals surface area contributed by atoms with Crippen molar-refractivity contribution in [2.75, 3.05) is 18.6 Å². The Labute approximate surface area is 116 Å². The highest BCUT2D eigenvalue weighted by molar-refractivity contribution is 5.92. The quantitative estimate of drug-likeness (QED) is 0.917. The molecule has 2 aromatic rings. The molecule has 1 aromatic carbocycles. The van der Waals surface area contributed by atoms with E-state index in [0.29, 0.717) is 18.8 Å². The van der Waals surface area contributed by atoms with Gasteiger partial charge in [0.25, 0.3) is 0 Å². The summed E-state index contributed by atoms with van der Waals surface area (Å²) in [4.78, 5) is 21.7. The van der Waals surface area contributed by atoms with Crippen molar-refractivity contribution in [1.29, 1.82) is 0 Å². The van der Waals surface area contributed by atoms with Gasteiger partial charge in [-0.05, 0) is 25.0 Å². The van der Waals surface area contributed by atoms with Crippen molar-refractivity contribution in [3.8, 4) is 5.75 Å². The Kier molecular flexibility index (Phi) is 3.14. The van der Waals surface area contributed by atoms with Gasteiger partial charge in [-0.15, -0.1) is 0 Å². The Morgan fingerprint density at radius 2 is 2.30 bits per heavy atom. The first-order chi connectivity index (χ1) is 9.70. The van der Waals surface area contributed by atoms with Crippen LogP contribution in [0.4, 0.5) is 5.82 Å². The molecule has 0 spiro atoms. The summed E-state index contributed by atoms with van der Waals surface area (Å²) in [6.07, 6.45) is 2.98. The van der Waals surface area contributed by atoms with E-state index >= 15 is 0 Å². The zero-order chi connectivity index (χ0) is 14.1. The second-order valence-corrected chi connectivity index (χ2v) is 4.77. The van der Waals surface area contributed by atoms with Crippen LogP contribution in [0.3, 0.4) is 0 Å². The van der Waals surface area contributed by atoms with Gasteiger partial charge in [0, 0.05) is 18.0 Å². The van der Waals surface area contributed by atoms with E-state index in [2.05, 4.69) is 9.97 Å². The Morgan fingerprint density at radius 3 is 3.05 bits per heavy atom. The Morgan fingerprint density at radius 1 is 1.45 bits per heavy atom. The van der Waals surface area contributed by atoms with Crippen LogP contribution in [0.2, 0.25) is 0 Å². The van der Waals surface area contributed by atoms with Gasteiger partial charge >= 0.3 is 5.97 Å². The lowest BCUT2D eigenvalue weighted by molar-refractivity contribution is -0.138. The SMILES string of the molecule is COc1ccc2c(N3CCCC3C(=O)O)ncnc2c1. The number of carboxylic acids is 1. The van der Waals surface area contributed by atoms with E-state index in [-0.39, 0.29) is 0 Å². The van der Waals surface area contributed by atoms with Crippen LogP contribution in [0.25, 0.3) is 10.9 Å². The lowest BCUT2D eigenvalue weighted by Gasteiger charge is -2.23. The molecule has 6 nitrogen and oxygen atoms in total. The van der Waals surface area contributed by atoms with Crippen molar-refractivity contribution >= 4 is 22.7 Å². The molecule has 1 aliphatic heterocycles. The van der Waals surface area contributed by atoms with Gasteiger partial charge in [-0.25, -0.2) is 14.8 Å². The molecular formula is C14H15N3O3. The topological polar surface area (TPSA) is 75.5 Å². The third kappa shape index (κ3) is 2.03. The molecule has 0 saturated carbocycles. The maximum Gasteiger partial charge on any atom is 0.326 e. The summed E-state index contributed by atoms with van der Waals surface area (Å²) in [5.74, 6) is 0.601. The van der Waals surface area contributed by atoms with Crippen molar-refractivity contribution in [3.05, 3.63) is 24.5 Å². The first kappa shape index (κ1) is 12.7. The third-order valence-electron chi connectivity index (χ3n) is 3.63. The van der Waals surface area contributed by atoms with Crippen LogP contribution < -0.4 is 9.64 Å². The predicted molar refractivity (Wildman–Crippen MR) is 74.1 cm³/mol. The molecule has 1 unspecified atom stereocenters. The lowest BCUT2D eigenvalue weighted by Crippen LogP contribution is -2.36. The molecule has 20 heavy (non-hydrogen) atoms. The molecule has 1 saturated heterocycles. The molecule has 0 radical (unpaired) electrons. The zero-order valence-electron chi connectivity index (χ0n) is 11.1. The van der Waals surface area contributed by atoms with Gasteiger partial charge in [-0.1, -0.05) is 0 Å². The number of rotatable bonds is 3. The number of carbonyl (C=O) groups is 1. The zero-order valence-corrected chi connectivity index (χ0v) is 11.1. The van der Waals surface area contributed by atoms with Crippen molar-refractivity contribution in [1.82, 2.24) is 9.97 Å². The lowest BCUT2D eigenvalue weighted by atomic mass is 10.2. The number of hydrogen-bond acceptors (Lipinski definition) is 5. The first-order valence-electron chi connectivity index (χ1n) is 6.49. The van der Waals surface area contributed by atoms with Crippen LogP contribution in [0.15, 0.2) is 24.5 Å². The number of carboxylic acid groups (broad SMARTS) is 1. The fraction of sp³-hybridized carbons (Fsp3) is 0.357. The summed E-state index contributed by atoms with van der Waals surface area (Å²) < 4.78 is 5.18. The van der Waals surface area contributed by atoms with Crippen LogP contribution in [0.5, 0.6) is 5.75 Å². The monoisotopic (exact) mass is 273 g/mol. The largest absolute Gasteiger partial charge is 0.497 e. The highest BCUT2D eigenvalue weighted by Gasteiger charge is 2.32. The van der Waals surface area contributed by atoms with E-state index in [0.717, 1.165) is 23.1 Å². The fourth-order valence-electron chi connectivity index (χ4n) is 2.66. The maximum absolute atomic E-state index is 11.3. The van der Waals surface area contributed by atoms with E-state index in [9.17, 15) is 9.90 Å². The second kappa shape index (κ2) is 4.96. The van der Waals surface area contributed by atoms with Gasteiger partial charge in [-0.3, -0.25) is 0 Å². The molecule has 1 aliphatic rings. The Hall–Kier alpha value is -2.37. The average Bonchev–Trinajstić information content (AvgIpc) is 2.95. The molecule has 104 valence electrons. The van der Waals surface area contributed by atoms with Crippen LogP contribution in [-0.4, -0.2) is 40.7 Å². The second-order valence-electron chi connectivity index (χ2n) is 4.77. The molecule has 0 bridgehead atoms. The minimum atomic E-state index is -0.803. The third-order valence-corrected chi connectivity index (χ3v) is 3.63. The first-order valence-corrected chi connectivity index (χ1v) is 6.49. The molecule has 3 rings (SSSR count). The van der Waals surface area contributed by atoms with E-state index in [4.69, 9.17) is 4.74 Å². The number of benzene rings is 1. The minimum absolute atomic E-state index is 0.504. The van der Waals surface area contributed by atoms with Gasteiger partial charge in [0.15, 0.2) is 0 Å². The number of aliphatic carboxylic acids is 1. The van der Waals surface area contributed by atoms with Crippen molar-refractivity contribution in [2.45, 2.75) is 18.9 Å². The molecule has 6 heteroatoms. The summed E-state index contributed by atoms with van der Waals surface area (Å²) in [5, 5.41) is 10.1. The van der Waals surface area contributed by atoms with Crippen LogP contribution in [0, 0.1) is 0 Å². The van der Waals surface area contributed by atoms with Crippen molar-refractivity contribution in [2.24, 2.45) is 0 Å². The highest BCUT2D eigenvalue weighted by Crippen LogP contribution is 2.31. The number of methoxy groups -OCH3 is 1. The van der Waals surface area contributed by atoms with Gasteiger partial charge in [0.2, 0.25) is 0 Å². The summed E-state index contributed by atoms with van der Waals surface area (Å²) in [6.45, 7) is 0.703. The van der Waals surface area contributed by atoms with Gasteiger partial charge in [0.1, 0.15) is 23.9 Å². The molecule has 0 aliphatic carbocycles. The number of nitrogens with zero attached hydrogens (tertiary/aromatic N) is 3. The Balaban J connectivity index is 2.09. The average molecular weight is 273 g/mol. The summed E-state index contributed by atoms with van der Waals surface area (Å²) in [5.41, 5.74) is 0.755. The standard InChI is InChI=1S/C14H15N3O3/c1-20-9-4-5-10-11(7-9)15-8-16-13(10)17-6-2-3-12(17)14(18)19/h4-5,7-8,12H,2-3,6H2,1H3,(H,18,19). The number of anilines is 1. The van der Waals surface area contributed by atoms with E-state index in [1.165, 1.54) is 6.33 Å². The van der Waals surface area contributed by atoms with Crippen molar-refractivity contribution < 1.29 is 14.6 Å². The number of aromatic nitrogens is 2. The van der Waals surface area contributed by atoms with Gasteiger partial charge in [-0.2, -0.15) is 0 Å². The molecule has 1 aromatic heterocycles. The molecular weight excluding hydrogens is 258 g/mol. The number of hydrogen-bond donors (Lipinski definition) is 1. The van der Waals surface area contributed by atoms with E-state index < -0.39 is 12.0 Å². The summed E-state index contributed by atoms with van der Waals surface area (Å²) in [7, 11) is 1.60. The Bertz CT molecular complexity index is 659. The molecule has 0 amide bonds. The maximum atomic E-state index is 11.3. The highest BCUT2D eigenvalue weighted by atomic mass is 16.5. The summed E-state index contributed by atoms with van der Waals surface area (Å²) in [6, 6.07) is 5.03. The number of ether oxygens (including phenoxy) is 1. The van der Waals surface area contributed by atoms with Crippen LogP contribution in [-0.2, 0) is 4.79 Å². The predicted octanol–water partition coefficient (Wildman–Crippen LogP) is 1.69. The van der Waals surface area contributed by atoms with Crippen LogP contribution in [0.1, 0.15) is 12.8 Å².